The highest BCUT2D eigenvalue weighted by Crippen LogP contribution is 2.27. The van der Waals surface area contributed by atoms with Crippen LogP contribution in [0.2, 0.25) is 0 Å². The second-order valence-corrected chi connectivity index (χ2v) is 5.45. The fourth-order valence-electron chi connectivity index (χ4n) is 2.75. The van der Waals surface area contributed by atoms with Gasteiger partial charge in [-0.15, -0.1) is 0 Å². The average molecular weight is 261 g/mol. The van der Waals surface area contributed by atoms with E-state index < -0.39 is 0 Å². The van der Waals surface area contributed by atoms with E-state index in [1.165, 1.54) is 32.1 Å². The molecular formula is C16H23NO2. The summed E-state index contributed by atoms with van der Waals surface area (Å²) < 4.78 is 0. The molecule has 0 radical (unpaired) electrons. The first-order valence-electron chi connectivity index (χ1n) is 7.29. The van der Waals surface area contributed by atoms with E-state index in [0.717, 1.165) is 17.9 Å². The fraction of sp³-hybridized carbons (Fsp3) is 0.562. The molecular weight excluding hydrogens is 238 g/mol. The van der Waals surface area contributed by atoms with Gasteiger partial charge in [-0.3, -0.25) is 4.79 Å². The summed E-state index contributed by atoms with van der Waals surface area (Å²) in [5, 5.41) is 12.5. The Morgan fingerprint density at radius 3 is 2.68 bits per heavy atom. The Morgan fingerprint density at radius 1 is 1.21 bits per heavy atom. The molecule has 1 aliphatic rings. The van der Waals surface area contributed by atoms with Gasteiger partial charge in [-0.1, -0.05) is 50.3 Å². The number of carbonyl (C=O) groups is 1. The Bertz CT molecular complexity index is 411. The highest BCUT2D eigenvalue weighted by molar-refractivity contribution is 5.75. The van der Waals surface area contributed by atoms with E-state index in [9.17, 15) is 9.90 Å². The third-order valence-corrected chi connectivity index (χ3v) is 3.97. The third kappa shape index (κ3) is 4.58. The number of phenolic OH excluding ortho intramolecular Hbond substituents is 1. The van der Waals surface area contributed by atoms with Gasteiger partial charge in [0.2, 0.25) is 5.91 Å². The molecule has 1 aromatic carbocycles. The standard InChI is InChI=1S/C16H23NO2/c18-15-9-5-4-8-14(15)12-17-16(19)11-10-13-6-2-1-3-7-13/h4-5,8-9,13,18H,1-3,6-7,10-12H2,(H,17,19). The van der Waals surface area contributed by atoms with Crippen molar-refractivity contribution in [3.63, 3.8) is 0 Å². The highest BCUT2D eigenvalue weighted by Gasteiger charge is 2.14. The molecule has 1 aromatic rings. The maximum atomic E-state index is 11.8. The Kier molecular flexibility index (Phi) is 5.25. The van der Waals surface area contributed by atoms with Crippen LogP contribution in [-0.2, 0) is 11.3 Å². The lowest BCUT2D eigenvalue weighted by atomic mass is 9.86. The Morgan fingerprint density at radius 2 is 1.95 bits per heavy atom. The molecule has 1 aliphatic carbocycles. The molecule has 3 nitrogen and oxygen atoms in total. The number of aromatic hydroxyl groups is 1. The smallest absolute Gasteiger partial charge is 0.220 e. The monoisotopic (exact) mass is 261 g/mol. The summed E-state index contributed by atoms with van der Waals surface area (Å²) in [6.07, 6.45) is 8.19. The first kappa shape index (κ1) is 13.9. The van der Waals surface area contributed by atoms with Crippen molar-refractivity contribution in [2.75, 3.05) is 0 Å². The normalized spacial score (nSPS) is 16.2. The molecule has 2 rings (SSSR count). The van der Waals surface area contributed by atoms with E-state index in [4.69, 9.17) is 0 Å². The number of para-hydroxylation sites is 1. The number of benzene rings is 1. The second-order valence-electron chi connectivity index (χ2n) is 5.45. The van der Waals surface area contributed by atoms with Crippen LogP contribution in [0, 0.1) is 5.92 Å². The van der Waals surface area contributed by atoms with Gasteiger partial charge in [0.15, 0.2) is 0 Å². The molecule has 0 aliphatic heterocycles. The maximum Gasteiger partial charge on any atom is 0.220 e. The average Bonchev–Trinajstić information content (AvgIpc) is 2.45. The van der Waals surface area contributed by atoms with Gasteiger partial charge < -0.3 is 10.4 Å². The zero-order valence-corrected chi connectivity index (χ0v) is 11.4. The number of hydrogen-bond acceptors (Lipinski definition) is 2. The van der Waals surface area contributed by atoms with Crippen molar-refractivity contribution < 1.29 is 9.90 Å². The molecule has 0 saturated heterocycles. The summed E-state index contributed by atoms with van der Waals surface area (Å²) in [4.78, 5) is 11.8. The predicted molar refractivity (Wildman–Crippen MR) is 75.8 cm³/mol. The summed E-state index contributed by atoms with van der Waals surface area (Å²) in [5.74, 6) is 1.08. The van der Waals surface area contributed by atoms with Crippen LogP contribution in [0.4, 0.5) is 0 Å². The number of phenols is 1. The van der Waals surface area contributed by atoms with Gasteiger partial charge >= 0.3 is 0 Å². The van der Waals surface area contributed by atoms with Crippen LogP contribution in [-0.4, -0.2) is 11.0 Å². The molecule has 0 bridgehead atoms. The van der Waals surface area contributed by atoms with Crippen LogP contribution in [0.5, 0.6) is 5.75 Å². The van der Waals surface area contributed by atoms with Crippen LogP contribution >= 0.6 is 0 Å². The molecule has 1 saturated carbocycles. The Labute approximate surface area is 115 Å². The van der Waals surface area contributed by atoms with Crippen molar-refractivity contribution in [2.24, 2.45) is 5.92 Å². The Balaban J connectivity index is 1.68. The lowest BCUT2D eigenvalue weighted by Crippen LogP contribution is -2.23. The first-order valence-corrected chi connectivity index (χ1v) is 7.29. The molecule has 3 heteroatoms. The molecule has 19 heavy (non-hydrogen) atoms. The molecule has 2 N–H and O–H groups in total. The third-order valence-electron chi connectivity index (χ3n) is 3.97. The van der Waals surface area contributed by atoms with Crippen LogP contribution in [0.1, 0.15) is 50.5 Å². The number of amides is 1. The van der Waals surface area contributed by atoms with Crippen LogP contribution < -0.4 is 5.32 Å². The van der Waals surface area contributed by atoms with Crippen molar-refractivity contribution in [1.29, 1.82) is 0 Å². The largest absolute Gasteiger partial charge is 0.508 e. The second kappa shape index (κ2) is 7.17. The molecule has 0 heterocycles. The first-order chi connectivity index (χ1) is 9.25. The van der Waals surface area contributed by atoms with Crippen LogP contribution in [0.3, 0.4) is 0 Å². The SMILES string of the molecule is O=C(CCC1CCCCC1)NCc1ccccc1O. The van der Waals surface area contributed by atoms with Gasteiger partial charge in [0.1, 0.15) is 5.75 Å². The van der Waals surface area contributed by atoms with Gasteiger partial charge in [0.05, 0.1) is 0 Å². The summed E-state index contributed by atoms with van der Waals surface area (Å²) >= 11 is 0. The number of rotatable bonds is 5. The van der Waals surface area contributed by atoms with Gasteiger partial charge in [-0.05, 0) is 18.4 Å². The molecule has 1 amide bonds. The number of carbonyl (C=O) groups excluding carboxylic acids is 1. The zero-order chi connectivity index (χ0) is 13.5. The van der Waals surface area contributed by atoms with E-state index in [2.05, 4.69) is 5.32 Å². The molecule has 0 atom stereocenters. The number of nitrogens with one attached hydrogen (secondary N) is 1. The number of hydrogen-bond donors (Lipinski definition) is 2. The van der Waals surface area contributed by atoms with E-state index in [-0.39, 0.29) is 11.7 Å². The lowest BCUT2D eigenvalue weighted by Gasteiger charge is -2.21. The quantitative estimate of drug-likeness (QED) is 0.853. The van der Waals surface area contributed by atoms with Gasteiger partial charge in [-0.25, -0.2) is 0 Å². The molecule has 0 aromatic heterocycles. The predicted octanol–water partition coefficient (Wildman–Crippen LogP) is 3.37. The molecule has 0 unspecified atom stereocenters. The van der Waals surface area contributed by atoms with Crippen molar-refractivity contribution in [2.45, 2.75) is 51.5 Å². The van der Waals surface area contributed by atoms with Crippen molar-refractivity contribution >= 4 is 5.91 Å². The van der Waals surface area contributed by atoms with Crippen molar-refractivity contribution in [1.82, 2.24) is 5.32 Å². The molecule has 1 fully saturated rings. The summed E-state index contributed by atoms with van der Waals surface area (Å²) in [7, 11) is 0. The van der Waals surface area contributed by atoms with Crippen LogP contribution in [0.15, 0.2) is 24.3 Å². The minimum Gasteiger partial charge on any atom is -0.508 e. The maximum absolute atomic E-state index is 11.8. The van der Waals surface area contributed by atoms with Crippen molar-refractivity contribution in [3.8, 4) is 5.75 Å². The van der Waals surface area contributed by atoms with Gasteiger partial charge in [-0.2, -0.15) is 0 Å². The van der Waals surface area contributed by atoms with Crippen molar-refractivity contribution in [3.05, 3.63) is 29.8 Å². The fourth-order valence-corrected chi connectivity index (χ4v) is 2.75. The minimum absolute atomic E-state index is 0.0915. The molecule has 104 valence electrons. The zero-order valence-electron chi connectivity index (χ0n) is 11.4. The van der Waals surface area contributed by atoms with E-state index >= 15 is 0 Å². The molecule has 0 spiro atoms. The van der Waals surface area contributed by atoms with E-state index in [0.29, 0.717) is 13.0 Å². The highest BCUT2D eigenvalue weighted by atomic mass is 16.3. The summed E-state index contributed by atoms with van der Waals surface area (Å²) in [6, 6.07) is 7.12. The summed E-state index contributed by atoms with van der Waals surface area (Å²) in [5.41, 5.74) is 0.772. The van der Waals surface area contributed by atoms with Gasteiger partial charge in [0.25, 0.3) is 0 Å². The van der Waals surface area contributed by atoms with Crippen LogP contribution in [0.25, 0.3) is 0 Å². The Hall–Kier alpha value is -1.51. The van der Waals surface area contributed by atoms with E-state index in [1.54, 1.807) is 12.1 Å². The van der Waals surface area contributed by atoms with E-state index in [1.807, 2.05) is 12.1 Å². The lowest BCUT2D eigenvalue weighted by molar-refractivity contribution is -0.121. The minimum atomic E-state index is 0.0915. The summed E-state index contributed by atoms with van der Waals surface area (Å²) in [6.45, 7) is 0.413. The topological polar surface area (TPSA) is 49.3 Å². The van der Waals surface area contributed by atoms with Gasteiger partial charge in [0, 0.05) is 18.5 Å².